The third kappa shape index (κ3) is 2.10. The largest absolute Gasteiger partial charge is 0.296 e. The van der Waals surface area contributed by atoms with Crippen LogP contribution in [0.3, 0.4) is 0 Å². The molecule has 0 spiro atoms. The molecule has 2 aromatic heterocycles. The fourth-order valence-electron chi connectivity index (χ4n) is 1.74. The number of hydrogen-bond donors (Lipinski definition) is 0. The van der Waals surface area contributed by atoms with Crippen LogP contribution in [0.4, 0.5) is 0 Å². The number of carbonyl (C=O) groups excluding carboxylic acids is 1. The summed E-state index contributed by atoms with van der Waals surface area (Å²) < 4.78 is 3.29. The average molecular weight is 376 g/mol. The summed E-state index contributed by atoms with van der Waals surface area (Å²) in [5, 5.41) is 1.62. The van der Waals surface area contributed by atoms with Crippen molar-refractivity contribution in [3.05, 3.63) is 44.6 Å². The summed E-state index contributed by atoms with van der Waals surface area (Å²) in [4.78, 5) is 15.5. The molecule has 0 saturated carbocycles. The highest BCUT2D eigenvalue weighted by atomic mass is 79.9. The van der Waals surface area contributed by atoms with Gasteiger partial charge in [0.05, 0.1) is 26.0 Å². The first-order valence-electron chi connectivity index (χ1n) is 5.18. The van der Waals surface area contributed by atoms with Crippen molar-refractivity contribution in [3.8, 4) is 5.13 Å². The summed E-state index contributed by atoms with van der Waals surface area (Å²) in [5.41, 5.74) is 1.28. The van der Waals surface area contributed by atoms with Crippen LogP contribution in [0.25, 0.3) is 15.3 Å². The zero-order chi connectivity index (χ0) is 13.6. The topological polar surface area (TPSA) is 34.9 Å². The van der Waals surface area contributed by atoms with Gasteiger partial charge in [0.15, 0.2) is 11.4 Å². The number of aldehydes is 1. The smallest absolute Gasteiger partial charge is 0.195 e. The van der Waals surface area contributed by atoms with E-state index in [0.717, 1.165) is 21.0 Å². The molecule has 0 saturated heterocycles. The van der Waals surface area contributed by atoms with Crippen molar-refractivity contribution in [3.63, 3.8) is 0 Å². The minimum absolute atomic E-state index is 0.472. The Balaban J connectivity index is 2.31. The predicted molar refractivity (Wildman–Crippen MR) is 82.1 cm³/mol. The molecule has 0 bridgehead atoms. The number of rotatable bonds is 2. The van der Waals surface area contributed by atoms with Gasteiger partial charge in [0, 0.05) is 10.7 Å². The molecule has 0 atom stereocenters. The summed E-state index contributed by atoms with van der Waals surface area (Å²) in [6, 6.07) is 5.23. The zero-order valence-corrected chi connectivity index (χ0v) is 13.1. The zero-order valence-electron chi connectivity index (χ0n) is 9.23. The second-order valence-corrected chi connectivity index (χ2v) is 6.37. The molecule has 0 aliphatic heterocycles. The summed E-state index contributed by atoms with van der Waals surface area (Å²) in [5.74, 6) is 0. The quantitative estimate of drug-likeness (QED) is 0.468. The van der Waals surface area contributed by atoms with Crippen LogP contribution < -0.4 is 0 Å². The lowest BCUT2D eigenvalue weighted by molar-refractivity contribution is 0.111. The van der Waals surface area contributed by atoms with Gasteiger partial charge in [-0.05, 0) is 34.1 Å². The highest BCUT2D eigenvalue weighted by Gasteiger charge is 2.15. The standard InChI is InChI=1S/C12H5BrCl2N2OS/c13-7-4-8(14)9(15)11-10(7)16-12(19-11)17-3-1-2-6(17)5-18/h1-5H. The van der Waals surface area contributed by atoms with Gasteiger partial charge in [0.2, 0.25) is 0 Å². The maximum absolute atomic E-state index is 11.0. The Bertz CT molecular complexity index is 796. The first kappa shape index (κ1) is 13.1. The molecule has 96 valence electrons. The third-order valence-electron chi connectivity index (χ3n) is 2.61. The molecule has 0 amide bonds. The van der Waals surface area contributed by atoms with Crippen LogP contribution >= 0.6 is 50.5 Å². The lowest BCUT2D eigenvalue weighted by Crippen LogP contribution is -1.95. The maximum atomic E-state index is 11.0. The van der Waals surface area contributed by atoms with Gasteiger partial charge in [-0.15, -0.1) is 0 Å². The van der Waals surface area contributed by atoms with Crippen molar-refractivity contribution in [2.24, 2.45) is 0 Å². The van der Waals surface area contributed by atoms with E-state index in [-0.39, 0.29) is 0 Å². The fourth-order valence-corrected chi connectivity index (χ4v) is 4.07. The summed E-state index contributed by atoms with van der Waals surface area (Å²) in [6.07, 6.45) is 2.57. The lowest BCUT2D eigenvalue weighted by Gasteiger charge is -1.97. The minimum atomic E-state index is 0.472. The van der Waals surface area contributed by atoms with Crippen molar-refractivity contribution in [2.45, 2.75) is 0 Å². The van der Waals surface area contributed by atoms with Crippen LogP contribution in [0.15, 0.2) is 28.9 Å². The number of carbonyl (C=O) groups is 1. The monoisotopic (exact) mass is 374 g/mol. The van der Waals surface area contributed by atoms with Crippen LogP contribution in [0.2, 0.25) is 10.0 Å². The molecule has 0 radical (unpaired) electrons. The maximum Gasteiger partial charge on any atom is 0.195 e. The second kappa shape index (κ2) is 4.90. The number of benzene rings is 1. The van der Waals surface area contributed by atoms with E-state index in [9.17, 15) is 4.79 Å². The van der Waals surface area contributed by atoms with Crippen molar-refractivity contribution in [2.75, 3.05) is 0 Å². The van der Waals surface area contributed by atoms with E-state index in [0.29, 0.717) is 20.9 Å². The number of halogens is 3. The molecule has 3 aromatic rings. The molecule has 19 heavy (non-hydrogen) atoms. The summed E-state index contributed by atoms with van der Waals surface area (Å²) >= 11 is 17.0. The summed E-state index contributed by atoms with van der Waals surface area (Å²) in [6.45, 7) is 0. The second-order valence-electron chi connectivity index (χ2n) is 3.75. The Morgan fingerprint density at radius 1 is 1.42 bits per heavy atom. The first-order valence-corrected chi connectivity index (χ1v) is 7.55. The Morgan fingerprint density at radius 2 is 2.21 bits per heavy atom. The predicted octanol–water partition coefficient (Wildman–Crippen LogP) is 4.97. The number of aromatic nitrogens is 2. The Hall–Kier alpha value is -0.880. The van der Waals surface area contributed by atoms with Crippen molar-refractivity contribution in [1.29, 1.82) is 0 Å². The SMILES string of the molecule is O=Cc1cccn1-c1nc2c(Br)cc(Cl)c(Cl)c2s1. The molecule has 2 heterocycles. The number of hydrogen-bond acceptors (Lipinski definition) is 3. The summed E-state index contributed by atoms with van der Waals surface area (Å²) in [7, 11) is 0. The van der Waals surface area contributed by atoms with Crippen LogP contribution in [0.1, 0.15) is 10.5 Å². The molecule has 0 aliphatic rings. The van der Waals surface area contributed by atoms with Gasteiger partial charge in [0.25, 0.3) is 0 Å². The van der Waals surface area contributed by atoms with Gasteiger partial charge in [-0.1, -0.05) is 34.5 Å². The molecule has 3 rings (SSSR count). The number of nitrogens with zero attached hydrogens (tertiary/aromatic N) is 2. The van der Waals surface area contributed by atoms with E-state index in [4.69, 9.17) is 23.2 Å². The van der Waals surface area contributed by atoms with Crippen LogP contribution in [-0.4, -0.2) is 15.8 Å². The highest BCUT2D eigenvalue weighted by molar-refractivity contribution is 9.10. The molecule has 0 N–H and O–H groups in total. The van der Waals surface area contributed by atoms with E-state index in [1.807, 2.05) is 0 Å². The molecule has 7 heteroatoms. The van der Waals surface area contributed by atoms with Gasteiger partial charge >= 0.3 is 0 Å². The van der Waals surface area contributed by atoms with Crippen molar-refractivity contribution in [1.82, 2.24) is 9.55 Å². The Labute approximate surface area is 130 Å². The minimum Gasteiger partial charge on any atom is -0.296 e. The number of thiazole rings is 1. The molecule has 0 aliphatic carbocycles. The normalized spacial score (nSPS) is 11.1. The van der Waals surface area contributed by atoms with E-state index in [2.05, 4.69) is 20.9 Å². The lowest BCUT2D eigenvalue weighted by atomic mass is 10.3. The Kier molecular flexibility index (Phi) is 3.39. The fraction of sp³-hybridized carbons (Fsp3) is 0. The van der Waals surface area contributed by atoms with E-state index < -0.39 is 0 Å². The third-order valence-corrected chi connectivity index (χ3v) is 5.19. The van der Waals surface area contributed by atoms with Gasteiger partial charge in [0.1, 0.15) is 0 Å². The Morgan fingerprint density at radius 3 is 2.95 bits per heavy atom. The van der Waals surface area contributed by atoms with Crippen molar-refractivity contribution >= 4 is 67.0 Å². The molecule has 3 nitrogen and oxygen atoms in total. The van der Waals surface area contributed by atoms with Gasteiger partial charge in [-0.25, -0.2) is 4.98 Å². The number of fused-ring (bicyclic) bond motifs is 1. The first-order chi connectivity index (χ1) is 9.11. The van der Waals surface area contributed by atoms with Crippen LogP contribution in [0.5, 0.6) is 0 Å². The molecule has 1 aromatic carbocycles. The average Bonchev–Trinajstić information content (AvgIpc) is 3.01. The molecule has 0 unspecified atom stereocenters. The van der Waals surface area contributed by atoms with E-state index in [1.54, 1.807) is 29.0 Å². The van der Waals surface area contributed by atoms with Gasteiger partial charge in [-0.2, -0.15) is 0 Å². The van der Waals surface area contributed by atoms with Crippen LogP contribution in [0, 0.1) is 0 Å². The molecule has 0 fully saturated rings. The highest BCUT2D eigenvalue weighted by Crippen LogP contribution is 2.40. The van der Waals surface area contributed by atoms with Gasteiger partial charge in [-0.3, -0.25) is 9.36 Å². The molecular weight excluding hydrogens is 371 g/mol. The molecular formula is C12H5BrCl2N2OS. The van der Waals surface area contributed by atoms with E-state index in [1.165, 1.54) is 11.3 Å². The van der Waals surface area contributed by atoms with Gasteiger partial charge < -0.3 is 0 Å². The van der Waals surface area contributed by atoms with Crippen molar-refractivity contribution < 1.29 is 4.79 Å². The van der Waals surface area contributed by atoms with Crippen LogP contribution in [-0.2, 0) is 0 Å². The van der Waals surface area contributed by atoms with E-state index >= 15 is 0 Å².